The Morgan fingerprint density at radius 2 is 2.00 bits per heavy atom. The molecule has 0 amide bonds. The van der Waals surface area contributed by atoms with Gasteiger partial charge in [0, 0.05) is 0 Å². The molecule has 1 saturated heterocycles. The van der Waals surface area contributed by atoms with Crippen molar-refractivity contribution in [2.24, 2.45) is 0 Å². The lowest BCUT2D eigenvalue weighted by Crippen LogP contribution is -2.33. The average molecular weight is 284 g/mol. The number of aliphatic hydroxyl groups is 1. The van der Waals surface area contributed by atoms with E-state index in [0.717, 1.165) is 0 Å². The number of alkyl halides is 3. The SMILES string of the molecule is O=S1(=O)CC[C@@H](O[C@H](O)C(Cl)(Cl)Cl)C1. The van der Waals surface area contributed by atoms with Crippen molar-refractivity contribution in [3.05, 3.63) is 0 Å². The third-order valence-electron chi connectivity index (χ3n) is 1.79. The third kappa shape index (κ3) is 3.72. The summed E-state index contributed by atoms with van der Waals surface area (Å²) in [4.78, 5) is 0. The van der Waals surface area contributed by atoms with E-state index in [1.807, 2.05) is 0 Å². The first-order chi connectivity index (χ1) is 6.21. The number of ether oxygens (including phenoxy) is 1. The molecule has 1 fully saturated rings. The van der Waals surface area contributed by atoms with Crippen molar-refractivity contribution in [2.45, 2.75) is 22.6 Å². The molecule has 1 rings (SSSR count). The molecule has 0 spiro atoms. The van der Waals surface area contributed by atoms with Crippen LogP contribution in [-0.4, -0.2) is 41.2 Å². The maximum atomic E-state index is 11.0. The second-order valence-corrected chi connectivity index (χ2v) is 7.65. The first kappa shape index (κ1) is 12.8. The monoisotopic (exact) mass is 282 g/mol. The van der Waals surface area contributed by atoms with Crippen molar-refractivity contribution >= 4 is 44.6 Å². The molecule has 0 aromatic rings. The van der Waals surface area contributed by atoms with Gasteiger partial charge in [0.1, 0.15) is 0 Å². The molecule has 8 heteroatoms. The molecule has 1 aliphatic rings. The highest BCUT2D eigenvalue weighted by Gasteiger charge is 2.37. The van der Waals surface area contributed by atoms with Crippen LogP contribution in [0.2, 0.25) is 0 Å². The summed E-state index contributed by atoms with van der Waals surface area (Å²) in [6, 6.07) is 0. The zero-order valence-corrected chi connectivity index (χ0v) is 10.1. The minimum Gasteiger partial charge on any atom is -0.365 e. The minimum atomic E-state index is -3.05. The lowest BCUT2D eigenvalue weighted by atomic mass is 10.3. The van der Waals surface area contributed by atoms with Crippen LogP contribution in [0.1, 0.15) is 6.42 Å². The normalized spacial score (nSPS) is 29.0. The molecular weight excluding hydrogens is 274 g/mol. The predicted molar refractivity (Wildman–Crippen MR) is 54.4 cm³/mol. The molecule has 1 N–H and O–H groups in total. The van der Waals surface area contributed by atoms with Gasteiger partial charge in [-0.25, -0.2) is 8.42 Å². The Balaban J connectivity index is 2.48. The van der Waals surface area contributed by atoms with E-state index in [9.17, 15) is 13.5 Å². The van der Waals surface area contributed by atoms with Gasteiger partial charge < -0.3 is 9.84 Å². The molecule has 0 bridgehead atoms. The van der Waals surface area contributed by atoms with Gasteiger partial charge in [0.2, 0.25) is 10.1 Å². The topological polar surface area (TPSA) is 63.6 Å². The zero-order chi connectivity index (χ0) is 11.0. The van der Waals surface area contributed by atoms with Gasteiger partial charge in [0.25, 0.3) is 0 Å². The summed E-state index contributed by atoms with van der Waals surface area (Å²) in [5, 5.41) is 9.20. The van der Waals surface area contributed by atoms with E-state index in [1.54, 1.807) is 0 Å². The predicted octanol–water partition coefficient (Wildman–Crippen LogP) is 0.879. The van der Waals surface area contributed by atoms with Crippen LogP contribution in [0.15, 0.2) is 0 Å². The first-order valence-corrected chi connectivity index (χ1v) is 6.77. The number of rotatable bonds is 2. The summed E-state index contributed by atoms with van der Waals surface area (Å²) in [5.74, 6) is -0.0882. The summed E-state index contributed by atoms with van der Waals surface area (Å²) in [5.41, 5.74) is 0. The highest BCUT2D eigenvalue weighted by atomic mass is 35.6. The third-order valence-corrected chi connectivity index (χ3v) is 4.09. The van der Waals surface area contributed by atoms with Crippen LogP contribution in [0.5, 0.6) is 0 Å². The lowest BCUT2D eigenvalue weighted by molar-refractivity contribution is -0.124. The number of aliphatic hydroxyl groups excluding tert-OH is 1. The molecule has 14 heavy (non-hydrogen) atoms. The fourth-order valence-corrected chi connectivity index (χ4v) is 2.88. The van der Waals surface area contributed by atoms with Crippen molar-refractivity contribution in [2.75, 3.05) is 11.5 Å². The van der Waals surface area contributed by atoms with Crippen molar-refractivity contribution in [3.8, 4) is 0 Å². The van der Waals surface area contributed by atoms with Crippen LogP contribution in [0.3, 0.4) is 0 Å². The molecule has 0 unspecified atom stereocenters. The molecule has 2 atom stereocenters. The Hall–Kier alpha value is 0.740. The van der Waals surface area contributed by atoms with Crippen molar-refractivity contribution < 1.29 is 18.3 Å². The molecule has 0 saturated carbocycles. The van der Waals surface area contributed by atoms with Crippen molar-refractivity contribution in [3.63, 3.8) is 0 Å². The molecule has 0 aliphatic carbocycles. The van der Waals surface area contributed by atoms with E-state index in [-0.39, 0.29) is 11.5 Å². The Morgan fingerprint density at radius 1 is 1.43 bits per heavy atom. The highest BCUT2D eigenvalue weighted by Crippen LogP contribution is 2.32. The first-order valence-electron chi connectivity index (χ1n) is 3.81. The van der Waals surface area contributed by atoms with E-state index in [1.165, 1.54) is 0 Å². The quantitative estimate of drug-likeness (QED) is 0.603. The van der Waals surface area contributed by atoms with Gasteiger partial charge in [-0.1, -0.05) is 34.8 Å². The molecule has 1 heterocycles. The number of hydrogen-bond donors (Lipinski definition) is 1. The summed E-state index contributed by atoms with van der Waals surface area (Å²) in [6.45, 7) is 0. The van der Waals surface area contributed by atoms with E-state index in [0.29, 0.717) is 6.42 Å². The molecule has 0 aromatic heterocycles. The van der Waals surface area contributed by atoms with Gasteiger partial charge in [-0.05, 0) is 6.42 Å². The summed E-state index contributed by atoms with van der Waals surface area (Å²) < 4.78 is 25.0. The maximum absolute atomic E-state index is 11.0. The maximum Gasteiger partial charge on any atom is 0.240 e. The van der Waals surface area contributed by atoms with Gasteiger partial charge in [-0.15, -0.1) is 0 Å². The van der Waals surface area contributed by atoms with Crippen LogP contribution in [-0.2, 0) is 14.6 Å². The van der Waals surface area contributed by atoms with Crippen LogP contribution < -0.4 is 0 Å². The number of halogens is 3. The largest absolute Gasteiger partial charge is 0.365 e. The van der Waals surface area contributed by atoms with Crippen LogP contribution in [0.4, 0.5) is 0 Å². The zero-order valence-electron chi connectivity index (χ0n) is 6.99. The average Bonchev–Trinajstić information content (AvgIpc) is 2.28. The molecule has 0 aromatic carbocycles. The summed E-state index contributed by atoms with van der Waals surface area (Å²) in [7, 11) is -3.05. The van der Waals surface area contributed by atoms with Gasteiger partial charge in [0.05, 0.1) is 17.6 Å². The van der Waals surface area contributed by atoms with Crippen LogP contribution in [0.25, 0.3) is 0 Å². The van der Waals surface area contributed by atoms with E-state index < -0.39 is 26.0 Å². The van der Waals surface area contributed by atoms with Gasteiger partial charge in [-0.3, -0.25) is 0 Å². The molecule has 84 valence electrons. The smallest absolute Gasteiger partial charge is 0.240 e. The summed E-state index contributed by atoms with van der Waals surface area (Å²) >= 11 is 16.0. The van der Waals surface area contributed by atoms with E-state index in [4.69, 9.17) is 39.5 Å². The fraction of sp³-hybridized carbons (Fsp3) is 1.00. The highest BCUT2D eigenvalue weighted by molar-refractivity contribution is 7.91. The second kappa shape index (κ2) is 4.31. The molecule has 4 nitrogen and oxygen atoms in total. The second-order valence-electron chi connectivity index (χ2n) is 3.06. The molecule has 1 aliphatic heterocycles. The Morgan fingerprint density at radius 3 is 2.36 bits per heavy atom. The Kier molecular flexibility index (Phi) is 3.95. The lowest BCUT2D eigenvalue weighted by Gasteiger charge is -2.22. The van der Waals surface area contributed by atoms with E-state index >= 15 is 0 Å². The van der Waals surface area contributed by atoms with Crippen LogP contribution in [0, 0.1) is 0 Å². The molecular formula is C6H9Cl3O4S. The fourth-order valence-electron chi connectivity index (χ4n) is 1.13. The van der Waals surface area contributed by atoms with Gasteiger partial charge in [0.15, 0.2) is 9.84 Å². The number of hydrogen-bond acceptors (Lipinski definition) is 4. The standard InChI is InChI=1S/C6H9Cl3O4S/c7-6(8,9)5(10)13-4-1-2-14(11,12)3-4/h4-5,10H,1-3H2/t4-,5+/m1/s1. The Bertz CT molecular complexity index is 297. The number of sulfone groups is 1. The Labute approximate surface area is 97.0 Å². The van der Waals surface area contributed by atoms with Gasteiger partial charge in [-0.2, -0.15) is 0 Å². The summed E-state index contributed by atoms with van der Waals surface area (Å²) in [6.07, 6.45) is -1.88. The van der Waals surface area contributed by atoms with Gasteiger partial charge >= 0.3 is 0 Å². The van der Waals surface area contributed by atoms with Crippen molar-refractivity contribution in [1.82, 2.24) is 0 Å². The molecule has 0 radical (unpaired) electrons. The van der Waals surface area contributed by atoms with Crippen molar-refractivity contribution in [1.29, 1.82) is 0 Å². The van der Waals surface area contributed by atoms with Crippen LogP contribution >= 0.6 is 34.8 Å². The van der Waals surface area contributed by atoms with E-state index in [2.05, 4.69) is 0 Å². The minimum absolute atomic E-state index is 0.0459.